The first-order valence-electron chi connectivity index (χ1n) is 11.2. The molecule has 0 aliphatic carbocycles. The molecule has 0 radical (unpaired) electrons. The van der Waals surface area contributed by atoms with Gasteiger partial charge < -0.3 is 9.30 Å². The van der Waals surface area contributed by atoms with Crippen molar-refractivity contribution in [3.8, 4) is 28.6 Å². The minimum Gasteiger partial charge on any atom is -0.460 e. The maximum absolute atomic E-state index is 5.94. The molecule has 0 aliphatic rings. The van der Waals surface area contributed by atoms with Crippen LogP contribution < -0.4 is 4.74 Å². The van der Waals surface area contributed by atoms with Crippen LogP contribution in [0.5, 0.6) is 11.6 Å². The zero-order valence-electron chi connectivity index (χ0n) is 19.2. The van der Waals surface area contributed by atoms with Crippen LogP contribution in [0.25, 0.3) is 38.8 Å². The van der Waals surface area contributed by atoms with Crippen LogP contribution >= 0.6 is 0 Å². The standard InChI is InChI=1S/C30H21N3O.Pt/c1-20-14-15-31-29(16-20)33-27-9-4-3-8-25(27)26-12-11-23(18-28(26)33)22-6-5-7-24(17-22)34-30-13-10-21(2)19-32-30;/h3-16,19H,1-2H3;/q-2;+2. The molecule has 6 aromatic rings. The average Bonchev–Trinajstić information content (AvgIpc) is 3.19. The minimum atomic E-state index is 0. The monoisotopic (exact) mass is 634 g/mol. The Morgan fingerprint density at radius 1 is 0.743 bits per heavy atom. The van der Waals surface area contributed by atoms with E-state index in [4.69, 9.17) is 4.74 Å². The van der Waals surface area contributed by atoms with Gasteiger partial charge in [0.1, 0.15) is 5.82 Å². The molecule has 35 heavy (non-hydrogen) atoms. The van der Waals surface area contributed by atoms with Crippen molar-refractivity contribution in [3.05, 3.63) is 115 Å². The Hall–Kier alpha value is -3.75. The van der Waals surface area contributed by atoms with Crippen molar-refractivity contribution < 1.29 is 25.8 Å². The van der Waals surface area contributed by atoms with Crippen LogP contribution in [0.1, 0.15) is 11.1 Å². The number of rotatable bonds is 4. The number of hydrogen-bond donors (Lipinski definition) is 0. The molecule has 6 rings (SSSR count). The molecule has 0 fully saturated rings. The van der Waals surface area contributed by atoms with Gasteiger partial charge in [-0.25, -0.2) is 21.1 Å². The normalized spacial score (nSPS) is 10.9. The number of aryl methyl sites for hydroxylation is 2. The van der Waals surface area contributed by atoms with Gasteiger partial charge in [-0.15, -0.1) is 18.2 Å². The largest absolute Gasteiger partial charge is 2.00 e. The molecule has 0 amide bonds. The van der Waals surface area contributed by atoms with E-state index in [2.05, 4.69) is 76.1 Å². The van der Waals surface area contributed by atoms with Crippen molar-refractivity contribution in [2.24, 2.45) is 0 Å². The first-order chi connectivity index (χ1) is 16.7. The molecule has 5 heteroatoms. The van der Waals surface area contributed by atoms with Crippen LogP contribution in [-0.4, -0.2) is 14.5 Å². The molecule has 3 heterocycles. The van der Waals surface area contributed by atoms with E-state index in [0.29, 0.717) is 11.6 Å². The van der Waals surface area contributed by atoms with Gasteiger partial charge in [0, 0.05) is 29.7 Å². The van der Waals surface area contributed by atoms with Crippen molar-refractivity contribution in [3.63, 3.8) is 0 Å². The van der Waals surface area contributed by atoms with Crippen LogP contribution in [0.15, 0.2) is 91.3 Å². The molecular weight excluding hydrogens is 613 g/mol. The molecule has 3 aromatic heterocycles. The maximum atomic E-state index is 5.94. The van der Waals surface area contributed by atoms with Gasteiger partial charge in [0.05, 0.1) is 0 Å². The fourth-order valence-corrected chi connectivity index (χ4v) is 4.22. The van der Waals surface area contributed by atoms with Crippen molar-refractivity contribution in [2.75, 3.05) is 0 Å². The molecule has 172 valence electrons. The summed E-state index contributed by atoms with van der Waals surface area (Å²) >= 11 is 0. The number of para-hydroxylation sites is 1. The van der Waals surface area contributed by atoms with Crippen molar-refractivity contribution in [1.29, 1.82) is 0 Å². The van der Waals surface area contributed by atoms with E-state index in [1.807, 2.05) is 49.5 Å². The molecular formula is C30H21N3OPt. The summed E-state index contributed by atoms with van der Waals surface area (Å²) in [5.74, 6) is 2.04. The first-order valence-corrected chi connectivity index (χ1v) is 11.2. The second kappa shape index (κ2) is 9.48. The summed E-state index contributed by atoms with van der Waals surface area (Å²) in [4.78, 5) is 8.99. The van der Waals surface area contributed by atoms with Crippen LogP contribution in [-0.2, 0) is 21.1 Å². The Bertz CT molecular complexity index is 1650. The topological polar surface area (TPSA) is 39.9 Å². The number of ether oxygens (including phenoxy) is 1. The van der Waals surface area contributed by atoms with E-state index < -0.39 is 0 Å². The van der Waals surface area contributed by atoms with Gasteiger partial charge in [0.15, 0.2) is 0 Å². The molecule has 0 unspecified atom stereocenters. The second-order valence-corrected chi connectivity index (χ2v) is 8.38. The molecule has 0 aliphatic heterocycles. The van der Waals surface area contributed by atoms with Crippen molar-refractivity contribution >= 4 is 21.8 Å². The van der Waals surface area contributed by atoms with E-state index in [9.17, 15) is 0 Å². The maximum Gasteiger partial charge on any atom is 2.00 e. The SMILES string of the molecule is Cc1ccc(Oc2[c-]c(-c3[c-]c4c(cc3)c3ccccc3n4-c3cc(C)ccn3)ccc2)nc1.[Pt+2]. The number of benzene rings is 3. The molecule has 4 nitrogen and oxygen atoms in total. The fraction of sp³-hybridized carbons (Fsp3) is 0.0667. The van der Waals surface area contributed by atoms with E-state index in [-0.39, 0.29) is 21.1 Å². The molecule has 0 N–H and O–H groups in total. The van der Waals surface area contributed by atoms with E-state index in [1.165, 1.54) is 5.39 Å². The third kappa shape index (κ3) is 4.38. The van der Waals surface area contributed by atoms with E-state index in [1.54, 1.807) is 6.20 Å². The van der Waals surface area contributed by atoms with Gasteiger partial charge in [-0.1, -0.05) is 29.7 Å². The molecule has 0 atom stereocenters. The predicted molar refractivity (Wildman–Crippen MR) is 135 cm³/mol. The molecule has 0 saturated heterocycles. The van der Waals surface area contributed by atoms with Crippen LogP contribution in [0, 0.1) is 26.0 Å². The summed E-state index contributed by atoms with van der Waals surface area (Å²) < 4.78 is 8.12. The fourth-order valence-electron chi connectivity index (χ4n) is 4.22. The third-order valence-corrected chi connectivity index (χ3v) is 5.87. The van der Waals surface area contributed by atoms with Crippen LogP contribution in [0.4, 0.5) is 0 Å². The van der Waals surface area contributed by atoms with Gasteiger partial charge in [-0.3, -0.25) is 0 Å². The molecule has 3 aromatic carbocycles. The summed E-state index contributed by atoms with van der Waals surface area (Å²) in [6.07, 6.45) is 3.64. The summed E-state index contributed by atoms with van der Waals surface area (Å²) in [5, 5.41) is 2.31. The Labute approximate surface area is 218 Å². The smallest absolute Gasteiger partial charge is 0.460 e. The Morgan fingerprint density at radius 2 is 1.60 bits per heavy atom. The Morgan fingerprint density at radius 3 is 2.43 bits per heavy atom. The van der Waals surface area contributed by atoms with Gasteiger partial charge in [-0.05, 0) is 54.1 Å². The summed E-state index contributed by atoms with van der Waals surface area (Å²) in [6.45, 7) is 4.08. The Kier molecular flexibility index (Phi) is 6.23. The number of pyridine rings is 2. The first kappa shape index (κ1) is 23.0. The Balaban J connectivity index is 0.00000253. The van der Waals surface area contributed by atoms with Crippen molar-refractivity contribution in [1.82, 2.24) is 14.5 Å². The number of fused-ring (bicyclic) bond motifs is 3. The quantitative estimate of drug-likeness (QED) is 0.192. The molecule has 0 saturated carbocycles. The van der Waals surface area contributed by atoms with Gasteiger partial charge in [0.2, 0.25) is 5.88 Å². The summed E-state index contributed by atoms with van der Waals surface area (Å²) in [5.41, 5.74) is 6.18. The molecule has 0 spiro atoms. The van der Waals surface area contributed by atoms with Gasteiger partial charge in [0.25, 0.3) is 0 Å². The number of nitrogens with zero attached hydrogens (tertiary/aromatic N) is 3. The van der Waals surface area contributed by atoms with Crippen LogP contribution in [0.3, 0.4) is 0 Å². The minimum absolute atomic E-state index is 0. The van der Waals surface area contributed by atoms with E-state index >= 15 is 0 Å². The van der Waals surface area contributed by atoms with Crippen molar-refractivity contribution in [2.45, 2.75) is 13.8 Å². The van der Waals surface area contributed by atoms with Gasteiger partial charge in [-0.2, -0.15) is 24.3 Å². The number of aromatic nitrogens is 3. The predicted octanol–water partition coefficient (Wildman–Crippen LogP) is 7.25. The zero-order chi connectivity index (χ0) is 23.1. The van der Waals surface area contributed by atoms with Crippen LogP contribution in [0.2, 0.25) is 0 Å². The van der Waals surface area contributed by atoms with Gasteiger partial charge >= 0.3 is 21.1 Å². The molecule has 0 bridgehead atoms. The summed E-state index contributed by atoms with van der Waals surface area (Å²) in [7, 11) is 0. The van der Waals surface area contributed by atoms with E-state index in [0.717, 1.165) is 44.5 Å². The summed E-state index contributed by atoms with van der Waals surface area (Å²) in [6, 6.07) is 33.5. The second-order valence-electron chi connectivity index (χ2n) is 8.38. The number of hydrogen-bond acceptors (Lipinski definition) is 3. The third-order valence-electron chi connectivity index (χ3n) is 5.87. The zero-order valence-corrected chi connectivity index (χ0v) is 21.5. The average molecular weight is 635 g/mol.